The van der Waals surface area contributed by atoms with E-state index >= 15 is 0 Å². The number of aromatic hydroxyl groups is 1. The molecule has 0 spiro atoms. The first-order valence-corrected chi connectivity index (χ1v) is 9.51. The number of benzene rings is 3. The Labute approximate surface area is 168 Å². The molecule has 0 saturated heterocycles. The van der Waals surface area contributed by atoms with Crippen molar-refractivity contribution in [1.29, 1.82) is 0 Å². The van der Waals surface area contributed by atoms with Gasteiger partial charge in [0.1, 0.15) is 17.3 Å². The van der Waals surface area contributed by atoms with Gasteiger partial charge in [0.25, 0.3) is 0 Å². The van der Waals surface area contributed by atoms with E-state index in [-0.39, 0.29) is 5.75 Å². The van der Waals surface area contributed by atoms with Crippen LogP contribution in [0.25, 0.3) is 27.8 Å². The van der Waals surface area contributed by atoms with Crippen LogP contribution in [0.4, 0.5) is 11.5 Å². The number of hydrogen-bond acceptors (Lipinski definition) is 4. The van der Waals surface area contributed by atoms with Crippen molar-refractivity contribution in [1.82, 2.24) is 14.4 Å². The Balaban J connectivity index is 1.86. The van der Waals surface area contributed by atoms with Crippen LogP contribution in [0.5, 0.6) is 5.75 Å². The first kappa shape index (κ1) is 17.3. The standard InChI is InChI=1S/C24H20N4O/c1-15-14-16(2)28-23(26-18-9-4-3-5-10-18)22(27-24(28)25-15)21-19-11-7-6-8-17(19)12-13-20(21)29/h3-14,26,29H,1-2H3. The van der Waals surface area contributed by atoms with Gasteiger partial charge < -0.3 is 10.4 Å². The molecule has 0 unspecified atom stereocenters. The van der Waals surface area contributed by atoms with Crippen LogP contribution in [-0.4, -0.2) is 19.5 Å². The molecule has 0 fully saturated rings. The highest BCUT2D eigenvalue weighted by Gasteiger charge is 2.21. The third-order valence-corrected chi connectivity index (χ3v) is 5.09. The molecule has 0 amide bonds. The average molecular weight is 380 g/mol. The van der Waals surface area contributed by atoms with E-state index in [9.17, 15) is 5.11 Å². The molecular formula is C24H20N4O. The lowest BCUT2D eigenvalue weighted by molar-refractivity contribution is 0.478. The van der Waals surface area contributed by atoms with Gasteiger partial charge in [0.15, 0.2) is 0 Å². The number of nitrogens with zero attached hydrogens (tertiary/aromatic N) is 3. The highest BCUT2D eigenvalue weighted by molar-refractivity contribution is 6.01. The molecule has 5 rings (SSSR count). The Morgan fingerprint density at radius 1 is 0.862 bits per heavy atom. The zero-order chi connectivity index (χ0) is 20.0. The van der Waals surface area contributed by atoms with Gasteiger partial charge in [0.05, 0.1) is 5.56 Å². The molecule has 5 nitrogen and oxygen atoms in total. The molecular weight excluding hydrogens is 360 g/mol. The molecule has 0 radical (unpaired) electrons. The van der Waals surface area contributed by atoms with Gasteiger partial charge in [-0.05, 0) is 48.9 Å². The highest BCUT2D eigenvalue weighted by Crippen LogP contribution is 2.41. The number of rotatable bonds is 3. The van der Waals surface area contributed by atoms with Gasteiger partial charge in [-0.25, -0.2) is 9.97 Å². The van der Waals surface area contributed by atoms with Gasteiger partial charge >= 0.3 is 0 Å². The normalized spacial score (nSPS) is 11.2. The monoisotopic (exact) mass is 380 g/mol. The average Bonchev–Trinajstić information content (AvgIpc) is 3.06. The summed E-state index contributed by atoms with van der Waals surface area (Å²) in [7, 11) is 0. The predicted molar refractivity (Wildman–Crippen MR) is 117 cm³/mol. The van der Waals surface area contributed by atoms with Gasteiger partial charge in [-0.3, -0.25) is 4.40 Å². The second-order valence-electron chi connectivity index (χ2n) is 7.16. The van der Waals surface area contributed by atoms with Gasteiger partial charge in [-0.1, -0.05) is 48.5 Å². The molecule has 0 saturated carbocycles. The topological polar surface area (TPSA) is 62.5 Å². The molecule has 0 aliphatic carbocycles. The van der Waals surface area contributed by atoms with Gasteiger partial charge in [-0.15, -0.1) is 0 Å². The third kappa shape index (κ3) is 2.88. The van der Waals surface area contributed by atoms with Gasteiger partial charge in [-0.2, -0.15) is 0 Å². The Kier molecular flexibility index (Phi) is 3.95. The molecule has 5 heteroatoms. The Hall–Kier alpha value is -3.86. The molecule has 3 aromatic carbocycles. The van der Waals surface area contributed by atoms with E-state index in [2.05, 4.69) is 10.3 Å². The number of aromatic nitrogens is 3. The van der Waals surface area contributed by atoms with Crippen molar-refractivity contribution in [2.45, 2.75) is 13.8 Å². The minimum atomic E-state index is 0.192. The first-order chi connectivity index (χ1) is 14.1. The van der Waals surface area contributed by atoms with Crippen molar-refractivity contribution in [3.63, 3.8) is 0 Å². The maximum absolute atomic E-state index is 10.8. The summed E-state index contributed by atoms with van der Waals surface area (Å²) >= 11 is 0. The Morgan fingerprint density at radius 3 is 2.45 bits per heavy atom. The number of phenols is 1. The summed E-state index contributed by atoms with van der Waals surface area (Å²) in [4.78, 5) is 9.47. The fraction of sp³-hybridized carbons (Fsp3) is 0.0833. The molecule has 2 heterocycles. The smallest absolute Gasteiger partial charge is 0.236 e. The van der Waals surface area contributed by atoms with Crippen LogP contribution >= 0.6 is 0 Å². The summed E-state index contributed by atoms with van der Waals surface area (Å²) in [5.41, 5.74) is 4.23. The molecule has 0 aliphatic rings. The summed E-state index contributed by atoms with van der Waals surface area (Å²) < 4.78 is 2.00. The van der Waals surface area contributed by atoms with Crippen molar-refractivity contribution in [2.75, 3.05) is 5.32 Å². The lowest BCUT2D eigenvalue weighted by atomic mass is 10.0. The maximum Gasteiger partial charge on any atom is 0.236 e. The number of aryl methyl sites for hydroxylation is 2. The van der Waals surface area contributed by atoms with Crippen molar-refractivity contribution in [2.24, 2.45) is 0 Å². The minimum absolute atomic E-state index is 0.192. The van der Waals surface area contributed by atoms with Crippen LogP contribution in [0.1, 0.15) is 11.4 Å². The molecule has 2 N–H and O–H groups in total. The third-order valence-electron chi connectivity index (χ3n) is 5.09. The van der Waals surface area contributed by atoms with E-state index in [1.807, 2.05) is 85.0 Å². The number of nitrogens with one attached hydrogen (secondary N) is 1. The molecule has 0 atom stereocenters. The molecule has 0 aliphatic heterocycles. The Morgan fingerprint density at radius 2 is 1.62 bits per heavy atom. The van der Waals surface area contributed by atoms with Crippen molar-refractivity contribution in [3.05, 3.63) is 84.2 Å². The van der Waals surface area contributed by atoms with Crippen molar-refractivity contribution < 1.29 is 5.11 Å². The number of para-hydroxylation sites is 1. The van der Waals surface area contributed by atoms with Crippen LogP contribution in [0, 0.1) is 13.8 Å². The minimum Gasteiger partial charge on any atom is -0.507 e. The molecule has 2 aromatic heterocycles. The lowest BCUT2D eigenvalue weighted by Crippen LogP contribution is -2.01. The molecule has 29 heavy (non-hydrogen) atoms. The van der Waals surface area contributed by atoms with Gasteiger partial charge in [0, 0.05) is 17.1 Å². The largest absolute Gasteiger partial charge is 0.507 e. The zero-order valence-corrected chi connectivity index (χ0v) is 16.2. The molecule has 5 aromatic rings. The lowest BCUT2D eigenvalue weighted by Gasteiger charge is -2.13. The van der Waals surface area contributed by atoms with Crippen molar-refractivity contribution >= 4 is 28.1 Å². The summed E-state index contributed by atoms with van der Waals surface area (Å²) in [6, 6.07) is 23.6. The van der Waals surface area contributed by atoms with E-state index in [4.69, 9.17) is 4.98 Å². The summed E-state index contributed by atoms with van der Waals surface area (Å²) in [6.45, 7) is 3.99. The van der Waals surface area contributed by atoms with E-state index in [1.165, 1.54) is 0 Å². The van der Waals surface area contributed by atoms with Crippen LogP contribution in [0.3, 0.4) is 0 Å². The highest BCUT2D eigenvalue weighted by atomic mass is 16.3. The predicted octanol–water partition coefficient (Wildman–Crippen LogP) is 5.62. The Bertz CT molecular complexity index is 1360. The van der Waals surface area contributed by atoms with Gasteiger partial charge in [0.2, 0.25) is 5.78 Å². The maximum atomic E-state index is 10.8. The molecule has 0 bridgehead atoms. The first-order valence-electron chi connectivity index (χ1n) is 9.51. The number of hydrogen-bond donors (Lipinski definition) is 2. The summed E-state index contributed by atoms with van der Waals surface area (Å²) in [5.74, 6) is 1.57. The van der Waals surface area contributed by atoms with Crippen LogP contribution in [-0.2, 0) is 0 Å². The summed E-state index contributed by atoms with van der Waals surface area (Å²) in [6.07, 6.45) is 0. The SMILES string of the molecule is Cc1cc(C)n2c(Nc3ccccc3)c(-c3c(O)ccc4ccccc34)nc2n1. The quantitative estimate of drug-likeness (QED) is 0.427. The molecule has 142 valence electrons. The number of anilines is 2. The second kappa shape index (κ2) is 6.63. The second-order valence-corrected chi connectivity index (χ2v) is 7.16. The van der Waals surface area contributed by atoms with E-state index in [1.54, 1.807) is 6.07 Å². The van der Waals surface area contributed by atoms with E-state index < -0.39 is 0 Å². The van der Waals surface area contributed by atoms with E-state index in [0.29, 0.717) is 17.0 Å². The summed E-state index contributed by atoms with van der Waals surface area (Å²) in [5, 5.41) is 16.3. The van der Waals surface area contributed by atoms with E-state index in [0.717, 1.165) is 33.7 Å². The van der Waals surface area contributed by atoms with Crippen LogP contribution in [0.2, 0.25) is 0 Å². The number of imidazole rings is 1. The fourth-order valence-corrected chi connectivity index (χ4v) is 3.83. The fourth-order valence-electron chi connectivity index (χ4n) is 3.83. The number of fused-ring (bicyclic) bond motifs is 2. The zero-order valence-electron chi connectivity index (χ0n) is 16.2. The number of phenolic OH excluding ortho intramolecular Hbond substituents is 1. The van der Waals surface area contributed by atoms with Crippen LogP contribution in [0.15, 0.2) is 72.8 Å². The van der Waals surface area contributed by atoms with Crippen LogP contribution < -0.4 is 5.32 Å². The van der Waals surface area contributed by atoms with Crippen molar-refractivity contribution in [3.8, 4) is 17.0 Å².